The molecule has 0 unspecified atom stereocenters. The minimum Gasteiger partial charge on any atom is -0.462 e. The first-order valence-corrected chi connectivity index (χ1v) is 5.77. The van der Waals surface area contributed by atoms with Crippen LogP contribution < -0.4 is 0 Å². The zero-order chi connectivity index (χ0) is 13.0. The van der Waals surface area contributed by atoms with Crippen molar-refractivity contribution in [3.05, 3.63) is 47.8 Å². The fraction of sp³-hybridized carbons (Fsp3) is 0.214. The third kappa shape index (κ3) is 2.71. The number of carbonyl (C=O) groups excluding carboxylic acids is 1. The molecule has 0 saturated heterocycles. The first kappa shape index (κ1) is 12.2. The highest BCUT2D eigenvalue weighted by atomic mass is 16.5. The number of aromatic nitrogens is 2. The molecule has 0 radical (unpaired) electrons. The average Bonchev–Trinajstić information content (AvgIpc) is 2.40. The highest BCUT2D eigenvalue weighted by Gasteiger charge is 2.08. The van der Waals surface area contributed by atoms with Gasteiger partial charge >= 0.3 is 5.97 Å². The molecule has 4 nitrogen and oxygen atoms in total. The maximum absolute atomic E-state index is 11.4. The van der Waals surface area contributed by atoms with E-state index in [2.05, 4.69) is 9.97 Å². The Morgan fingerprint density at radius 1 is 1.17 bits per heavy atom. The molecular formula is C14H14N2O2. The summed E-state index contributed by atoms with van der Waals surface area (Å²) >= 11 is 0. The molecule has 92 valence electrons. The normalized spacial score (nSPS) is 10.1. The Morgan fingerprint density at radius 2 is 1.78 bits per heavy atom. The molecule has 0 saturated carbocycles. The van der Waals surface area contributed by atoms with E-state index in [-0.39, 0.29) is 0 Å². The molecule has 0 aliphatic carbocycles. The lowest BCUT2D eigenvalue weighted by atomic mass is 10.1. The molecule has 0 bridgehead atoms. The summed E-state index contributed by atoms with van der Waals surface area (Å²) in [7, 11) is 0. The quantitative estimate of drug-likeness (QED) is 0.776. The number of esters is 1. The van der Waals surface area contributed by atoms with E-state index in [1.165, 1.54) is 18.0 Å². The number of hydrogen-bond acceptors (Lipinski definition) is 4. The van der Waals surface area contributed by atoms with Crippen LogP contribution in [0.3, 0.4) is 0 Å². The van der Waals surface area contributed by atoms with Crippen LogP contribution in [0.5, 0.6) is 0 Å². The summed E-state index contributed by atoms with van der Waals surface area (Å²) < 4.78 is 4.87. The van der Waals surface area contributed by atoms with Crippen molar-refractivity contribution < 1.29 is 9.53 Å². The number of aryl methyl sites for hydroxylation is 1. The topological polar surface area (TPSA) is 52.1 Å². The van der Waals surface area contributed by atoms with E-state index in [4.69, 9.17) is 4.74 Å². The minimum atomic E-state index is -0.395. The molecule has 0 amide bonds. The van der Waals surface area contributed by atoms with E-state index in [0.29, 0.717) is 18.0 Å². The molecule has 2 rings (SSSR count). The van der Waals surface area contributed by atoms with Gasteiger partial charge in [-0.1, -0.05) is 29.8 Å². The SMILES string of the molecule is CCOC(=O)c1cnc(-c2ccc(C)cc2)nc1. The Balaban J connectivity index is 2.22. The van der Waals surface area contributed by atoms with Crippen LogP contribution in [0.4, 0.5) is 0 Å². The zero-order valence-electron chi connectivity index (χ0n) is 10.4. The van der Waals surface area contributed by atoms with E-state index >= 15 is 0 Å². The van der Waals surface area contributed by atoms with Gasteiger partial charge in [-0.3, -0.25) is 0 Å². The smallest absolute Gasteiger partial charge is 0.341 e. The highest BCUT2D eigenvalue weighted by molar-refractivity contribution is 5.88. The first-order valence-electron chi connectivity index (χ1n) is 5.77. The molecule has 0 N–H and O–H groups in total. The number of rotatable bonds is 3. The number of ether oxygens (including phenoxy) is 1. The van der Waals surface area contributed by atoms with Crippen molar-refractivity contribution in [2.75, 3.05) is 6.61 Å². The Labute approximate surface area is 106 Å². The van der Waals surface area contributed by atoms with Crippen LogP contribution in [-0.4, -0.2) is 22.5 Å². The van der Waals surface area contributed by atoms with Gasteiger partial charge in [-0.2, -0.15) is 0 Å². The lowest BCUT2D eigenvalue weighted by Gasteiger charge is -2.03. The summed E-state index contributed by atoms with van der Waals surface area (Å²) in [4.78, 5) is 19.8. The molecule has 0 aliphatic rings. The van der Waals surface area contributed by atoms with Gasteiger partial charge in [0.15, 0.2) is 5.82 Å². The molecule has 1 aromatic carbocycles. The van der Waals surface area contributed by atoms with Gasteiger partial charge in [0, 0.05) is 18.0 Å². The Kier molecular flexibility index (Phi) is 3.67. The van der Waals surface area contributed by atoms with Crippen molar-refractivity contribution in [1.82, 2.24) is 9.97 Å². The lowest BCUT2D eigenvalue weighted by molar-refractivity contribution is 0.0525. The van der Waals surface area contributed by atoms with E-state index < -0.39 is 5.97 Å². The maximum atomic E-state index is 11.4. The van der Waals surface area contributed by atoms with Crippen molar-refractivity contribution in [2.45, 2.75) is 13.8 Å². The molecule has 0 aliphatic heterocycles. The molecular weight excluding hydrogens is 228 g/mol. The minimum absolute atomic E-state index is 0.346. The van der Waals surface area contributed by atoms with E-state index in [1.54, 1.807) is 6.92 Å². The van der Waals surface area contributed by atoms with Crippen LogP contribution in [0, 0.1) is 6.92 Å². The second kappa shape index (κ2) is 5.40. The number of carbonyl (C=O) groups is 1. The molecule has 1 heterocycles. The van der Waals surface area contributed by atoms with Crippen LogP contribution >= 0.6 is 0 Å². The van der Waals surface area contributed by atoms with Gasteiger partial charge in [0.2, 0.25) is 0 Å². The van der Waals surface area contributed by atoms with Gasteiger partial charge < -0.3 is 4.74 Å². The van der Waals surface area contributed by atoms with Gasteiger partial charge in [-0.25, -0.2) is 14.8 Å². The van der Waals surface area contributed by atoms with Gasteiger partial charge in [0.25, 0.3) is 0 Å². The molecule has 1 aromatic heterocycles. The van der Waals surface area contributed by atoms with Gasteiger partial charge in [-0.15, -0.1) is 0 Å². The van der Waals surface area contributed by atoms with Crippen molar-refractivity contribution in [3.63, 3.8) is 0 Å². The average molecular weight is 242 g/mol. The van der Waals surface area contributed by atoms with Gasteiger partial charge in [-0.05, 0) is 13.8 Å². The summed E-state index contributed by atoms with van der Waals surface area (Å²) in [5.41, 5.74) is 2.48. The van der Waals surface area contributed by atoms with Crippen LogP contribution in [0.2, 0.25) is 0 Å². The van der Waals surface area contributed by atoms with Crippen LogP contribution in [0.15, 0.2) is 36.7 Å². The summed E-state index contributed by atoms with van der Waals surface area (Å²) in [6, 6.07) is 7.90. The first-order chi connectivity index (χ1) is 8.70. The fourth-order valence-corrected chi connectivity index (χ4v) is 1.50. The molecule has 0 atom stereocenters. The molecule has 18 heavy (non-hydrogen) atoms. The third-order valence-electron chi connectivity index (χ3n) is 2.47. The molecule has 0 spiro atoms. The largest absolute Gasteiger partial charge is 0.462 e. The Morgan fingerprint density at radius 3 is 2.33 bits per heavy atom. The number of hydrogen-bond donors (Lipinski definition) is 0. The van der Waals surface area contributed by atoms with Crippen LogP contribution in [-0.2, 0) is 4.74 Å². The predicted octanol–water partition coefficient (Wildman–Crippen LogP) is 2.63. The predicted molar refractivity (Wildman–Crippen MR) is 68.2 cm³/mol. The standard InChI is InChI=1S/C14H14N2O2/c1-3-18-14(17)12-8-15-13(16-9-12)11-6-4-10(2)5-7-11/h4-9H,3H2,1-2H3. The van der Waals surface area contributed by atoms with Crippen LogP contribution in [0.25, 0.3) is 11.4 Å². The molecule has 4 heteroatoms. The van der Waals surface area contributed by atoms with Crippen molar-refractivity contribution in [1.29, 1.82) is 0 Å². The van der Waals surface area contributed by atoms with Crippen molar-refractivity contribution in [3.8, 4) is 11.4 Å². The van der Waals surface area contributed by atoms with E-state index in [0.717, 1.165) is 5.56 Å². The summed E-state index contributed by atoms with van der Waals surface area (Å²) in [6.45, 7) is 4.13. The summed E-state index contributed by atoms with van der Waals surface area (Å²) in [5, 5.41) is 0. The summed E-state index contributed by atoms with van der Waals surface area (Å²) in [5.74, 6) is 0.205. The van der Waals surface area contributed by atoms with E-state index in [9.17, 15) is 4.79 Å². The maximum Gasteiger partial charge on any atom is 0.341 e. The third-order valence-corrected chi connectivity index (χ3v) is 2.47. The fourth-order valence-electron chi connectivity index (χ4n) is 1.50. The monoisotopic (exact) mass is 242 g/mol. The van der Waals surface area contributed by atoms with Crippen molar-refractivity contribution in [2.24, 2.45) is 0 Å². The molecule has 2 aromatic rings. The van der Waals surface area contributed by atoms with Gasteiger partial charge in [0.05, 0.1) is 12.2 Å². The van der Waals surface area contributed by atoms with E-state index in [1.807, 2.05) is 31.2 Å². The lowest BCUT2D eigenvalue weighted by Crippen LogP contribution is -2.06. The second-order valence-corrected chi connectivity index (χ2v) is 3.88. The molecule has 0 fully saturated rings. The van der Waals surface area contributed by atoms with Crippen molar-refractivity contribution >= 4 is 5.97 Å². The number of nitrogens with zero attached hydrogens (tertiary/aromatic N) is 2. The zero-order valence-corrected chi connectivity index (χ0v) is 10.4. The summed E-state index contributed by atoms with van der Waals surface area (Å²) in [6.07, 6.45) is 2.97. The second-order valence-electron chi connectivity index (χ2n) is 3.88. The Hall–Kier alpha value is -2.23. The van der Waals surface area contributed by atoms with Crippen LogP contribution in [0.1, 0.15) is 22.8 Å². The Bertz CT molecular complexity index is 533. The van der Waals surface area contributed by atoms with Gasteiger partial charge in [0.1, 0.15) is 0 Å². The highest BCUT2D eigenvalue weighted by Crippen LogP contribution is 2.15. The number of benzene rings is 1.